The second-order valence-electron chi connectivity index (χ2n) is 10.00. The number of H-pyrrole nitrogens is 1. The van der Waals surface area contributed by atoms with Gasteiger partial charge in [-0.15, -0.1) is 0 Å². The standard InChI is InChI=1S/C29H29N7O2S/c1-18-12-23(33-25(13-18)20-2-3-24-21(14-20)4-8-31-24)17-30-16-19-6-10-36(11-7-19)28-32-9-5-22(34-28)15-26-27(37)35-29(38)39-26/h2-5,8-9,12-15,19,30-31H,6-7,10-11,16-17H2,1H3,(H,35,37,38). The Morgan fingerprint density at radius 1 is 1.10 bits per heavy atom. The molecular weight excluding hydrogens is 510 g/mol. The largest absolute Gasteiger partial charge is 0.361 e. The Bertz CT molecular complexity index is 1570. The number of amides is 2. The van der Waals surface area contributed by atoms with Gasteiger partial charge in [0, 0.05) is 48.5 Å². The molecule has 0 atom stereocenters. The first-order valence-electron chi connectivity index (χ1n) is 13.1. The number of piperidine rings is 1. The Morgan fingerprint density at radius 2 is 1.97 bits per heavy atom. The van der Waals surface area contributed by atoms with Crippen LogP contribution in [-0.2, 0) is 11.3 Å². The molecule has 5 heterocycles. The molecule has 9 nitrogen and oxygen atoms in total. The number of aromatic amines is 1. The zero-order valence-electron chi connectivity index (χ0n) is 21.6. The van der Waals surface area contributed by atoms with Gasteiger partial charge in [0.1, 0.15) is 0 Å². The summed E-state index contributed by atoms with van der Waals surface area (Å²) in [6, 6.07) is 14.5. The molecule has 0 unspecified atom stereocenters. The van der Waals surface area contributed by atoms with Crippen LogP contribution in [0, 0.1) is 12.8 Å². The molecule has 198 valence electrons. The zero-order chi connectivity index (χ0) is 26.8. The minimum absolute atomic E-state index is 0.353. The molecule has 0 saturated carbocycles. The van der Waals surface area contributed by atoms with Gasteiger partial charge in [-0.3, -0.25) is 19.9 Å². The molecule has 2 aliphatic rings. The molecule has 0 radical (unpaired) electrons. The van der Waals surface area contributed by atoms with Crippen molar-refractivity contribution >= 4 is 45.8 Å². The predicted octanol–water partition coefficient (Wildman–Crippen LogP) is 4.66. The fraction of sp³-hybridized carbons (Fsp3) is 0.276. The summed E-state index contributed by atoms with van der Waals surface area (Å²) in [5.74, 6) is 0.838. The normalized spacial score (nSPS) is 17.4. The third-order valence-corrected chi connectivity index (χ3v) is 7.90. The van der Waals surface area contributed by atoms with E-state index in [2.05, 4.69) is 73.8 Å². The summed E-state index contributed by atoms with van der Waals surface area (Å²) >= 11 is 0.892. The number of pyridine rings is 1. The number of nitrogens with one attached hydrogen (secondary N) is 3. The van der Waals surface area contributed by atoms with Crippen molar-refractivity contribution in [2.45, 2.75) is 26.3 Å². The molecule has 39 heavy (non-hydrogen) atoms. The van der Waals surface area contributed by atoms with Crippen LogP contribution in [-0.4, -0.2) is 50.7 Å². The number of aromatic nitrogens is 4. The summed E-state index contributed by atoms with van der Waals surface area (Å²) in [6.07, 6.45) is 7.37. The number of carbonyl (C=O) groups is 2. The number of hydrogen-bond acceptors (Lipinski definition) is 8. The van der Waals surface area contributed by atoms with E-state index in [1.54, 1.807) is 18.3 Å². The summed E-state index contributed by atoms with van der Waals surface area (Å²) in [4.78, 5) is 43.0. The topological polar surface area (TPSA) is 116 Å². The van der Waals surface area contributed by atoms with E-state index < -0.39 is 0 Å². The van der Waals surface area contributed by atoms with E-state index >= 15 is 0 Å². The van der Waals surface area contributed by atoms with E-state index in [4.69, 9.17) is 4.98 Å². The summed E-state index contributed by atoms with van der Waals surface area (Å²) in [5, 5.41) is 6.72. The Balaban J connectivity index is 1.02. The lowest BCUT2D eigenvalue weighted by atomic mass is 9.97. The average molecular weight is 540 g/mol. The van der Waals surface area contributed by atoms with Crippen LogP contribution in [0.5, 0.6) is 0 Å². The molecule has 1 aromatic carbocycles. The molecule has 6 rings (SSSR count). The first kappa shape index (κ1) is 25.3. The van der Waals surface area contributed by atoms with E-state index in [1.807, 2.05) is 6.20 Å². The number of nitrogens with zero attached hydrogens (tertiary/aromatic N) is 4. The van der Waals surface area contributed by atoms with Crippen molar-refractivity contribution in [2.75, 3.05) is 24.5 Å². The molecule has 0 bridgehead atoms. The fourth-order valence-corrected chi connectivity index (χ4v) is 5.75. The van der Waals surface area contributed by atoms with E-state index in [0.29, 0.717) is 22.5 Å². The molecule has 3 aromatic heterocycles. The van der Waals surface area contributed by atoms with Gasteiger partial charge in [-0.2, -0.15) is 0 Å². The van der Waals surface area contributed by atoms with Crippen LogP contribution in [0.4, 0.5) is 10.7 Å². The maximum absolute atomic E-state index is 11.8. The second-order valence-corrected chi connectivity index (χ2v) is 11.0. The fourth-order valence-electron chi connectivity index (χ4n) is 5.08. The van der Waals surface area contributed by atoms with Crippen LogP contribution in [0.25, 0.3) is 28.2 Å². The summed E-state index contributed by atoms with van der Waals surface area (Å²) in [7, 11) is 0. The highest BCUT2D eigenvalue weighted by molar-refractivity contribution is 8.18. The summed E-state index contributed by atoms with van der Waals surface area (Å²) < 4.78 is 0. The molecular formula is C29H29N7O2S. The summed E-state index contributed by atoms with van der Waals surface area (Å²) in [6.45, 7) is 5.52. The van der Waals surface area contributed by atoms with Crippen molar-refractivity contribution in [2.24, 2.45) is 5.92 Å². The van der Waals surface area contributed by atoms with Gasteiger partial charge in [0.05, 0.1) is 22.0 Å². The maximum atomic E-state index is 11.8. The number of hydrogen-bond donors (Lipinski definition) is 3. The van der Waals surface area contributed by atoms with E-state index in [9.17, 15) is 9.59 Å². The molecule has 0 spiro atoms. The first-order valence-corrected chi connectivity index (χ1v) is 13.9. The lowest BCUT2D eigenvalue weighted by molar-refractivity contribution is -0.115. The minimum Gasteiger partial charge on any atom is -0.361 e. The Kier molecular flexibility index (Phi) is 7.12. The van der Waals surface area contributed by atoms with Crippen molar-refractivity contribution in [3.05, 3.63) is 76.7 Å². The van der Waals surface area contributed by atoms with Crippen molar-refractivity contribution in [1.29, 1.82) is 0 Å². The lowest BCUT2D eigenvalue weighted by Gasteiger charge is -2.32. The molecule has 4 aromatic rings. The molecule has 10 heteroatoms. The number of anilines is 1. The predicted molar refractivity (Wildman–Crippen MR) is 154 cm³/mol. The highest BCUT2D eigenvalue weighted by Gasteiger charge is 2.26. The van der Waals surface area contributed by atoms with Crippen LogP contribution >= 0.6 is 11.8 Å². The number of thioether (sulfide) groups is 1. The van der Waals surface area contributed by atoms with Crippen LogP contribution in [0.2, 0.25) is 0 Å². The average Bonchev–Trinajstić information content (AvgIpc) is 3.53. The third-order valence-electron chi connectivity index (χ3n) is 7.09. The van der Waals surface area contributed by atoms with Gasteiger partial charge in [-0.1, -0.05) is 6.07 Å². The quantitative estimate of drug-likeness (QED) is 0.291. The molecule has 2 fully saturated rings. The van der Waals surface area contributed by atoms with Gasteiger partial charge in [-0.25, -0.2) is 9.97 Å². The number of carbonyl (C=O) groups excluding carboxylic acids is 2. The van der Waals surface area contributed by atoms with Gasteiger partial charge >= 0.3 is 0 Å². The Labute approximate surface area is 230 Å². The minimum atomic E-state index is -0.381. The lowest BCUT2D eigenvalue weighted by Crippen LogP contribution is -2.38. The van der Waals surface area contributed by atoms with Crippen LogP contribution in [0.1, 0.15) is 29.8 Å². The number of aryl methyl sites for hydroxylation is 1. The van der Waals surface area contributed by atoms with Gasteiger partial charge < -0.3 is 15.2 Å². The summed E-state index contributed by atoms with van der Waals surface area (Å²) in [5.41, 5.74) is 6.13. The first-order chi connectivity index (χ1) is 19.0. The van der Waals surface area contributed by atoms with Crippen molar-refractivity contribution < 1.29 is 9.59 Å². The van der Waals surface area contributed by atoms with E-state index in [0.717, 1.165) is 73.3 Å². The van der Waals surface area contributed by atoms with E-state index in [1.165, 1.54) is 10.9 Å². The Morgan fingerprint density at radius 3 is 2.79 bits per heavy atom. The van der Waals surface area contributed by atoms with Crippen molar-refractivity contribution in [3.63, 3.8) is 0 Å². The van der Waals surface area contributed by atoms with Gasteiger partial charge in [0.25, 0.3) is 11.1 Å². The Hall–Kier alpha value is -4.02. The van der Waals surface area contributed by atoms with Gasteiger partial charge in [0.2, 0.25) is 5.95 Å². The van der Waals surface area contributed by atoms with Crippen molar-refractivity contribution in [1.82, 2.24) is 30.6 Å². The number of rotatable bonds is 7. The van der Waals surface area contributed by atoms with Crippen molar-refractivity contribution in [3.8, 4) is 11.3 Å². The number of imide groups is 1. The van der Waals surface area contributed by atoms with E-state index in [-0.39, 0.29) is 11.1 Å². The molecule has 2 saturated heterocycles. The highest BCUT2D eigenvalue weighted by Crippen LogP contribution is 2.27. The monoisotopic (exact) mass is 539 g/mol. The second kappa shape index (κ2) is 11.0. The van der Waals surface area contributed by atoms with Crippen LogP contribution < -0.4 is 15.5 Å². The highest BCUT2D eigenvalue weighted by atomic mass is 32.2. The molecule has 3 N–H and O–H groups in total. The van der Waals surface area contributed by atoms with Crippen LogP contribution in [0.3, 0.4) is 0 Å². The number of fused-ring (bicyclic) bond motifs is 1. The molecule has 2 aliphatic heterocycles. The number of benzene rings is 1. The van der Waals surface area contributed by atoms with Gasteiger partial charge in [0.15, 0.2) is 0 Å². The SMILES string of the molecule is Cc1cc(CNCC2CCN(c3nccc(C=C4SC(=O)NC4=O)n3)CC2)nc(-c2ccc3[nH]ccc3c2)c1. The molecule has 2 amide bonds. The molecule has 0 aliphatic carbocycles. The van der Waals surface area contributed by atoms with Gasteiger partial charge in [-0.05, 0) is 92.0 Å². The smallest absolute Gasteiger partial charge is 0.290 e. The zero-order valence-corrected chi connectivity index (χ0v) is 22.4. The van der Waals surface area contributed by atoms with Crippen LogP contribution in [0.15, 0.2) is 59.8 Å². The third kappa shape index (κ3) is 5.86. The maximum Gasteiger partial charge on any atom is 0.290 e.